The lowest BCUT2D eigenvalue weighted by molar-refractivity contribution is -0.127. The molecule has 11 heavy (non-hydrogen) atoms. The van der Waals surface area contributed by atoms with Gasteiger partial charge in [0.15, 0.2) is 5.60 Å². The van der Waals surface area contributed by atoms with E-state index in [4.69, 9.17) is 4.74 Å². The number of ether oxygens (including phenoxy) is 1. The molecule has 0 unspecified atom stereocenters. The van der Waals surface area contributed by atoms with E-state index in [0.717, 1.165) is 18.6 Å². The van der Waals surface area contributed by atoms with Crippen LogP contribution in [0.5, 0.6) is 0 Å². The first-order valence-electron chi connectivity index (χ1n) is 4.00. The summed E-state index contributed by atoms with van der Waals surface area (Å²) < 4.78 is 5.41. The van der Waals surface area contributed by atoms with Crippen LogP contribution in [0.1, 0.15) is 33.6 Å². The van der Waals surface area contributed by atoms with Gasteiger partial charge >= 0.3 is 0 Å². The average Bonchev–Trinajstić information content (AvgIpc) is 2.08. The minimum absolute atomic E-state index is 0.0842. The Bertz CT molecular complexity index is 202. The molecule has 0 aromatic carbocycles. The highest BCUT2D eigenvalue weighted by Gasteiger charge is 2.34. The highest BCUT2D eigenvalue weighted by Crippen LogP contribution is 2.26. The maximum absolute atomic E-state index is 11.2. The number of carbonyl (C=O) groups is 1. The zero-order chi connectivity index (χ0) is 8.48. The Balaban J connectivity index is 2.64. The molecule has 0 aromatic heterocycles. The van der Waals surface area contributed by atoms with Crippen LogP contribution < -0.4 is 0 Å². The topological polar surface area (TPSA) is 26.3 Å². The van der Waals surface area contributed by atoms with Crippen molar-refractivity contribution in [3.63, 3.8) is 0 Å². The molecule has 0 atom stereocenters. The second kappa shape index (κ2) is 2.68. The quantitative estimate of drug-likeness (QED) is 0.608. The lowest BCUT2D eigenvalue weighted by Crippen LogP contribution is -2.27. The van der Waals surface area contributed by atoms with Gasteiger partial charge in [-0.05, 0) is 20.3 Å². The van der Waals surface area contributed by atoms with E-state index in [-0.39, 0.29) is 5.78 Å². The zero-order valence-corrected chi connectivity index (χ0v) is 7.31. The van der Waals surface area contributed by atoms with Crippen molar-refractivity contribution in [3.8, 4) is 0 Å². The summed E-state index contributed by atoms with van der Waals surface area (Å²) >= 11 is 0. The SMILES string of the molecule is CCCC1=CC(=O)C(C)(C)O1. The van der Waals surface area contributed by atoms with Crippen LogP contribution >= 0.6 is 0 Å². The van der Waals surface area contributed by atoms with Crippen molar-refractivity contribution >= 4 is 5.78 Å². The molecule has 1 rings (SSSR count). The predicted molar refractivity (Wildman–Crippen MR) is 43.2 cm³/mol. The van der Waals surface area contributed by atoms with Gasteiger partial charge in [-0.3, -0.25) is 4.79 Å². The van der Waals surface area contributed by atoms with Crippen LogP contribution in [0.15, 0.2) is 11.8 Å². The summed E-state index contributed by atoms with van der Waals surface area (Å²) in [7, 11) is 0. The Morgan fingerprint density at radius 1 is 1.55 bits per heavy atom. The van der Waals surface area contributed by atoms with E-state index < -0.39 is 5.60 Å². The second-order valence-electron chi connectivity index (χ2n) is 3.34. The third kappa shape index (κ3) is 1.62. The molecular formula is C9H14O2. The largest absolute Gasteiger partial charge is 0.484 e. The van der Waals surface area contributed by atoms with Crippen molar-refractivity contribution in [1.82, 2.24) is 0 Å². The van der Waals surface area contributed by atoms with E-state index in [0.29, 0.717) is 0 Å². The highest BCUT2D eigenvalue weighted by molar-refractivity contribution is 5.98. The summed E-state index contributed by atoms with van der Waals surface area (Å²) in [6.07, 6.45) is 3.51. The molecule has 62 valence electrons. The number of hydrogen-bond acceptors (Lipinski definition) is 2. The molecule has 0 fully saturated rings. The van der Waals surface area contributed by atoms with Crippen molar-refractivity contribution in [1.29, 1.82) is 0 Å². The van der Waals surface area contributed by atoms with Crippen molar-refractivity contribution in [2.24, 2.45) is 0 Å². The summed E-state index contributed by atoms with van der Waals surface area (Å²) in [5.74, 6) is 0.920. The molecule has 0 aromatic rings. The van der Waals surface area contributed by atoms with Crippen LogP contribution in [-0.2, 0) is 9.53 Å². The first-order valence-corrected chi connectivity index (χ1v) is 4.00. The first-order chi connectivity index (χ1) is 5.06. The Kier molecular flexibility index (Phi) is 2.03. The maximum atomic E-state index is 11.2. The molecule has 1 heterocycles. The van der Waals surface area contributed by atoms with E-state index >= 15 is 0 Å². The summed E-state index contributed by atoms with van der Waals surface area (Å²) in [4.78, 5) is 11.2. The van der Waals surface area contributed by atoms with E-state index in [1.807, 2.05) is 0 Å². The fraction of sp³-hybridized carbons (Fsp3) is 0.667. The molecule has 2 nitrogen and oxygen atoms in total. The molecule has 0 saturated carbocycles. The number of hydrogen-bond donors (Lipinski definition) is 0. The minimum atomic E-state index is -0.607. The van der Waals surface area contributed by atoms with E-state index in [2.05, 4.69) is 6.92 Å². The van der Waals surface area contributed by atoms with Crippen LogP contribution in [0, 0.1) is 0 Å². The van der Waals surface area contributed by atoms with Gasteiger partial charge in [0.2, 0.25) is 5.78 Å². The van der Waals surface area contributed by atoms with Gasteiger partial charge in [-0.1, -0.05) is 6.92 Å². The summed E-state index contributed by atoms with van der Waals surface area (Å²) in [6.45, 7) is 5.67. The highest BCUT2D eigenvalue weighted by atomic mass is 16.5. The van der Waals surface area contributed by atoms with Crippen LogP contribution in [0.25, 0.3) is 0 Å². The maximum Gasteiger partial charge on any atom is 0.201 e. The fourth-order valence-corrected chi connectivity index (χ4v) is 1.10. The molecular weight excluding hydrogens is 140 g/mol. The summed E-state index contributed by atoms with van der Waals surface area (Å²) in [5, 5.41) is 0. The lowest BCUT2D eigenvalue weighted by atomic mass is 10.1. The van der Waals surface area contributed by atoms with Crippen LogP contribution in [0.4, 0.5) is 0 Å². The smallest absolute Gasteiger partial charge is 0.201 e. The third-order valence-electron chi connectivity index (χ3n) is 1.77. The Morgan fingerprint density at radius 3 is 2.55 bits per heavy atom. The van der Waals surface area contributed by atoms with E-state index in [1.165, 1.54) is 0 Å². The fourth-order valence-electron chi connectivity index (χ4n) is 1.10. The summed E-state index contributed by atoms with van der Waals surface area (Å²) in [5.41, 5.74) is -0.607. The first kappa shape index (κ1) is 8.31. The van der Waals surface area contributed by atoms with E-state index in [1.54, 1.807) is 19.9 Å². The van der Waals surface area contributed by atoms with Crippen molar-refractivity contribution in [2.75, 3.05) is 0 Å². The number of ketones is 1. The monoisotopic (exact) mass is 154 g/mol. The normalized spacial score (nSPS) is 21.4. The Morgan fingerprint density at radius 2 is 2.18 bits per heavy atom. The predicted octanol–water partition coefficient (Wildman–Crippen LogP) is 2.05. The van der Waals surface area contributed by atoms with Crippen molar-refractivity contribution < 1.29 is 9.53 Å². The number of rotatable bonds is 2. The average molecular weight is 154 g/mol. The zero-order valence-electron chi connectivity index (χ0n) is 7.31. The molecule has 0 N–H and O–H groups in total. The summed E-state index contributed by atoms with van der Waals surface area (Å²) in [6, 6.07) is 0. The van der Waals surface area contributed by atoms with Crippen LogP contribution in [0.2, 0.25) is 0 Å². The Labute approximate surface area is 67.2 Å². The Hall–Kier alpha value is -0.790. The van der Waals surface area contributed by atoms with E-state index in [9.17, 15) is 4.79 Å². The van der Waals surface area contributed by atoms with Gasteiger partial charge in [0.25, 0.3) is 0 Å². The number of allylic oxidation sites excluding steroid dienone is 1. The molecule has 1 aliphatic rings. The van der Waals surface area contributed by atoms with Crippen LogP contribution in [0.3, 0.4) is 0 Å². The number of carbonyl (C=O) groups excluding carboxylic acids is 1. The van der Waals surface area contributed by atoms with Gasteiger partial charge in [-0.25, -0.2) is 0 Å². The van der Waals surface area contributed by atoms with Crippen LogP contribution in [-0.4, -0.2) is 11.4 Å². The van der Waals surface area contributed by atoms with Gasteiger partial charge < -0.3 is 4.74 Å². The standard InChI is InChI=1S/C9H14O2/c1-4-5-7-6-8(10)9(2,3)11-7/h6H,4-5H2,1-3H3. The molecule has 2 heteroatoms. The van der Waals surface area contributed by atoms with Crippen molar-refractivity contribution in [3.05, 3.63) is 11.8 Å². The molecule has 0 amide bonds. The lowest BCUT2D eigenvalue weighted by Gasteiger charge is -2.17. The minimum Gasteiger partial charge on any atom is -0.484 e. The van der Waals surface area contributed by atoms with Gasteiger partial charge in [0.05, 0.1) is 0 Å². The van der Waals surface area contributed by atoms with Gasteiger partial charge in [0, 0.05) is 12.5 Å². The second-order valence-corrected chi connectivity index (χ2v) is 3.34. The molecule has 0 bridgehead atoms. The van der Waals surface area contributed by atoms with Gasteiger partial charge in [-0.15, -0.1) is 0 Å². The van der Waals surface area contributed by atoms with Gasteiger partial charge in [-0.2, -0.15) is 0 Å². The molecule has 0 saturated heterocycles. The molecule has 0 radical (unpaired) electrons. The molecule has 0 aliphatic carbocycles. The molecule has 1 aliphatic heterocycles. The molecule has 0 spiro atoms. The third-order valence-corrected chi connectivity index (χ3v) is 1.77. The van der Waals surface area contributed by atoms with Crippen molar-refractivity contribution in [2.45, 2.75) is 39.2 Å². The van der Waals surface area contributed by atoms with Gasteiger partial charge in [0.1, 0.15) is 5.76 Å².